The topological polar surface area (TPSA) is 82.1 Å². The van der Waals surface area contributed by atoms with Gasteiger partial charge in [0.1, 0.15) is 18.5 Å². The summed E-state index contributed by atoms with van der Waals surface area (Å²) >= 11 is 0. The summed E-state index contributed by atoms with van der Waals surface area (Å²) < 4.78 is 15.7. The SMILES string of the molecule is COc1ccc(C(=O)OC2CCCC(c3ccc(/C=C/C(=O)OCCO)cc3)CC2)cc1. The Hall–Kier alpha value is -3.12. The maximum atomic E-state index is 12.5. The van der Waals surface area contributed by atoms with Crippen LogP contribution in [0.5, 0.6) is 5.75 Å². The minimum Gasteiger partial charge on any atom is -0.497 e. The van der Waals surface area contributed by atoms with E-state index in [1.165, 1.54) is 11.6 Å². The molecule has 0 heterocycles. The van der Waals surface area contributed by atoms with E-state index in [0.717, 1.165) is 37.7 Å². The number of carbonyl (C=O) groups is 2. The van der Waals surface area contributed by atoms with Crippen LogP contribution in [-0.2, 0) is 14.3 Å². The predicted octanol–water partition coefficient (Wildman–Crippen LogP) is 4.52. The number of aliphatic hydroxyl groups is 1. The summed E-state index contributed by atoms with van der Waals surface area (Å²) in [6.07, 6.45) is 7.72. The molecule has 6 nitrogen and oxygen atoms in total. The fourth-order valence-electron chi connectivity index (χ4n) is 3.90. The first kappa shape index (κ1) is 23.5. The lowest BCUT2D eigenvalue weighted by molar-refractivity contribution is -0.138. The lowest BCUT2D eigenvalue weighted by Crippen LogP contribution is -2.17. The van der Waals surface area contributed by atoms with Gasteiger partial charge in [-0.15, -0.1) is 0 Å². The highest BCUT2D eigenvalue weighted by atomic mass is 16.5. The number of aliphatic hydroxyl groups excluding tert-OH is 1. The molecule has 1 fully saturated rings. The van der Waals surface area contributed by atoms with Crippen LogP contribution in [0.2, 0.25) is 0 Å². The molecule has 1 aliphatic carbocycles. The van der Waals surface area contributed by atoms with Crippen molar-refractivity contribution in [1.29, 1.82) is 0 Å². The lowest BCUT2D eigenvalue weighted by atomic mass is 9.91. The van der Waals surface area contributed by atoms with Crippen LogP contribution < -0.4 is 4.74 Å². The van der Waals surface area contributed by atoms with Crippen LogP contribution >= 0.6 is 0 Å². The molecular formula is C26H30O6. The van der Waals surface area contributed by atoms with Gasteiger partial charge in [-0.3, -0.25) is 0 Å². The van der Waals surface area contributed by atoms with Crippen LogP contribution in [-0.4, -0.2) is 43.5 Å². The Kier molecular flexibility index (Phi) is 8.87. The average molecular weight is 439 g/mol. The Morgan fingerprint density at radius 2 is 1.75 bits per heavy atom. The Labute approximate surface area is 188 Å². The Morgan fingerprint density at radius 3 is 2.44 bits per heavy atom. The number of methoxy groups -OCH3 is 1. The molecule has 2 atom stereocenters. The molecule has 1 aliphatic rings. The number of hydrogen-bond donors (Lipinski definition) is 1. The Balaban J connectivity index is 1.51. The maximum Gasteiger partial charge on any atom is 0.338 e. The van der Waals surface area contributed by atoms with Crippen LogP contribution in [0.1, 0.15) is 59.5 Å². The van der Waals surface area contributed by atoms with Gasteiger partial charge in [0.25, 0.3) is 0 Å². The Bertz CT molecular complexity index is 901. The first-order valence-corrected chi connectivity index (χ1v) is 11.0. The summed E-state index contributed by atoms with van der Waals surface area (Å²) in [6.45, 7) is -0.183. The number of benzene rings is 2. The van der Waals surface area contributed by atoms with Crippen molar-refractivity contribution in [2.24, 2.45) is 0 Å². The molecule has 2 aromatic rings. The summed E-state index contributed by atoms with van der Waals surface area (Å²) in [4.78, 5) is 24.0. The van der Waals surface area contributed by atoms with Crippen molar-refractivity contribution in [2.45, 2.75) is 44.1 Å². The van der Waals surface area contributed by atoms with Gasteiger partial charge in [-0.05, 0) is 79.5 Å². The molecule has 0 aliphatic heterocycles. The molecule has 0 amide bonds. The van der Waals surface area contributed by atoms with Crippen LogP contribution in [0.25, 0.3) is 6.08 Å². The smallest absolute Gasteiger partial charge is 0.338 e. The van der Waals surface area contributed by atoms with Crippen molar-refractivity contribution in [1.82, 2.24) is 0 Å². The molecule has 0 aromatic heterocycles. The molecule has 170 valence electrons. The largest absolute Gasteiger partial charge is 0.497 e. The fourth-order valence-corrected chi connectivity index (χ4v) is 3.90. The minimum atomic E-state index is -0.470. The molecule has 0 radical (unpaired) electrons. The van der Waals surface area contributed by atoms with Gasteiger partial charge >= 0.3 is 11.9 Å². The summed E-state index contributed by atoms with van der Waals surface area (Å²) in [5.74, 6) is 0.376. The van der Waals surface area contributed by atoms with Crippen LogP contribution in [0.4, 0.5) is 0 Å². The van der Waals surface area contributed by atoms with E-state index in [4.69, 9.17) is 19.3 Å². The number of esters is 2. The minimum absolute atomic E-state index is 0.000192. The molecule has 3 rings (SSSR count). The maximum absolute atomic E-state index is 12.5. The van der Waals surface area contributed by atoms with E-state index in [1.807, 2.05) is 12.1 Å². The van der Waals surface area contributed by atoms with Gasteiger partial charge in [0.05, 0.1) is 19.3 Å². The molecule has 32 heavy (non-hydrogen) atoms. The highest BCUT2D eigenvalue weighted by Gasteiger charge is 2.23. The molecule has 1 N–H and O–H groups in total. The van der Waals surface area contributed by atoms with E-state index in [9.17, 15) is 9.59 Å². The van der Waals surface area contributed by atoms with Crippen molar-refractivity contribution in [3.05, 3.63) is 71.3 Å². The van der Waals surface area contributed by atoms with E-state index in [1.54, 1.807) is 37.5 Å². The summed E-state index contributed by atoms with van der Waals surface area (Å²) in [5, 5.41) is 8.67. The molecular weight excluding hydrogens is 408 g/mol. The molecule has 0 spiro atoms. The average Bonchev–Trinajstić information content (AvgIpc) is 3.07. The first-order chi connectivity index (χ1) is 15.6. The van der Waals surface area contributed by atoms with Crippen LogP contribution in [0, 0.1) is 0 Å². The van der Waals surface area contributed by atoms with E-state index >= 15 is 0 Å². The quantitative estimate of drug-likeness (QED) is 0.371. The van der Waals surface area contributed by atoms with Crippen molar-refractivity contribution in [3.63, 3.8) is 0 Å². The van der Waals surface area contributed by atoms with Gasteiger partial charge in [-0.2, -0.15) is 0 Å². The number of hydrogen-bond acceptors (Lipinski definition) is 6. The molecule has 1 saturated carbocycles. The molecule has 6 heteroatoms. The van der Waals surface area contributed by atoms with E-state index < -0.39 is 5.97 Å². The normalized spacial score (nSPS) is 18.7. The van der Waals surface area contributed by atoms with Crippen molar-refractivity contribution in [3.8, 4) is 5.75 Å². The van der Waals surface area contributed by atoms with Crippen molar-refractivity contribution < 1.29 is 28.9 Å². The number of rotatable bonds is 8. The van der Waals surface area contributed by atoms with Gasteiger partial charge in [0.2, 0.25) is 0 Å². The zero-order chi connectivity index (χ0) is 22.8. The highest BCUT2D eigenvalue weighted by Crippen LogP contribution is 2.33. The molecule has 0 saturated heterocycles. The molecule has 2 aromatic carbocycles. The van der Waals surface area contributed by atoms with E-state index in [-0.39, 0.29) is 25.3 Å². The van der Waals surface area contributed by atoms with E-state index in [0.29, 0.717) is 17.2 Å². The highest BCUT2D eigenvalue weighted by molar-refractivity contribution is 5.89. The van der Waals surface area contributed by atoms with Crippen molar-refractivity contribution >= 4 is 18.0 Å². The van der Waals surface area contributed by atoms with Gasteiger partial charge < -0.3 is 19.3 Å². The monoisotopic (exact) mass is 438 g/mol. The molecule has 0 bridgehead atoms. The third kappa shape index (κ3) is 6.95. The lowest BCUT2D eigenvalue weighted by Gasteiger charge is -2.17. The zero-order valence-corrected chi connectivity index (χ0v) is 18.4. The van der Waals surface area contributed by atoms with Gasteiger partial charge in [-0.1, -0.05) is 24.3 Å². The number of ether oxygens (including phenoxy) is 3. The van der Waals surface area contributed by atoms with Gasteiger partial charge in [-0.25, -0.2) is 9.59 Å². The second kappa shape index (κ2) is 12.1. The van der Waals surface area contributed by atoms with Gasteiger partial charge in [0, 0.05) is 6.08 Å². The fraction of sp³-hybridized carbons (Fsp3) is 0.385. The second-order valence-electron chi connectivity index (χ2n) is 7.85. The van der Waals surface area contributed by atoms with Crippen molar-refractivity contribution in [2.75, 3.05) is 20.3 Å². The molecule has 2 unspecified atom stereocenters. The summed E-state index contributed by atoms with van der Waals surface area (Å²) in [6, 6.07) is 15.1. The standard InChI is InChI=1S/C26H30O6/c1-30-23-13-11-22(12-14-23)26(29)32-24-4-2-3-20(10-15-24)21-8-5-19(6-9-21)7-16-25(28)31-18-17-27/h5-9,11-14,16,20,24,27H,2-4,10,15,17-18H2,1H3/b16-7+. The number of carbonyl (C=O) groups excluding carboxylic acids is 2. The third-order valence-electron chi connectivity index (χ3n) is 5.67. The Morgan fingerprint density at radius 1 is 1.00 bits per heavy atom. The van der Waals surface area contributed by atoms with Crippen LogP contribution in [0.15, 0.2) is 54.6 Å². The zero-order valence-electron chi connectivity index (χ0n) is 18.4. The second-order valence-corrected chi connectivity index (χ2v) is 7.85. The van der Waals surface area contributed by atoms with E-state index in [2.05, 4.69) is 12.1 Å². The summed E-state index contributed by atoms with van der Waals surface area (Å²) in [7, 11) is 1.59. The first-order valence-electron chi connectivity index (χ1n) is 11.0. The predicted molar refractivity (Wildman–Crippen MR) is 122 cm³/mol. The summed E-state index contributed by atoms with van der Waals surface area (Å²) in [5.41, 5.74) is 2.71. The van der Waals surface area contributed by atoms with Crippen LogP contribution in [0.3, 0.4) is 0 Å². The third-order valence-corrected chi connectivity index (χ3v) is 5.67. The van der Waals surface area contributed by atoms with Gasteiger partial charge in [0.15, 0.2) is 0 Å².